The van der Waals surface area contributed by atoms with Crippen LogP contribution < -0.4 is 19.5 Å². The van der Waals surface area contributed by atoms with Gasteiger partial charge in [-0.3, -0.25) is 0 Å². The molecule has 0 bridgehead atoms. The number of ether oxygens (including phenoxy) is 3. The second kappa shape index (κ2) is 8.62. The Kier molecular flexibility index (Phi) is 5.51. The van der Waals surface area contributed by atoms with Crippen LogP contribution in [0.15, 0.2) is 42.5 Å². The highest BCUT2D eigenvalue weighted by atomic mass is 32.1. The number of amides is 2. The lowest BCUT2D eigenvalue weighted by molar-refractivity contribution is 0.206. The molecule has 2 amide bonds. The van der Waals surface area contributed by atoms with Crippen LogP contribution >= 0.6 is 11.3 Å². The van der Waals surface area contributed by atoms with Crippen molar-refractivity contribution >= 4 is 28.0 Å². The molecular formula is C23H23N5O4S. The molecule has 5 rings (SSSR count). The lowest BCUT2D eigenvalue weighted by atomic mass is 10.2. The summed E-state index contributed by atoms with van der Waals surface area (Å²) in [7, 11) is 4.62. The van der Waals surface area contributed by atoms with Crippen LogP contribution in [-0.4, -0.2) is 53.4 Å². The van der Waals surface area contributed by atoms with Crippen molar-refractivity contribution in [2.24, 2.45) is 0 Å². The number of urea groups is 1. The third-order valence-electron chi connectivity index (χ3n) is 5.56. The minimum Gasteiger partial charge on any atom is -0.493 e. The molecule has 0 aliphatic carbocycles. The second-order valence-corrected chi connectivity index (χ2v) is 8.55. The zero-order chi connectivity index (χ0) is 22.9. The molecule has 0 spiro atoms. The summed E-state index contributed by atoms with van der Waals surface area (Å²) in [4.78, 5) is 21.4. The maximum atomic E-state index is 13.0. The Labute approximate surface area is 194 Å². The second-order valence-electron chi connectivity index (χ2n) is 7.48. The molecule has 0 fully saturated rings. The Morgan fingerprint density at radius 3 is 2.45 bits per heavy atom. The van der Waals surface area contributed by atoms with Gasteiger partial charge in [-0.05, 0) is 0 Å². The Hall–Kier alpha value is -3.79. The first kappa shape index (κ1) is 21.1. The number of aromatic nitrogens is 3. The number of nitrogens with one attached hydrogen (secondary N) is 1. The zero-order valence-corrected chi connectivity index (χ0v) is 19.3. The molecule has 0 saturated carbocycles. The number of methoxy groups -OCH3 is 3. The lowest BCUT2D eigenvalue weighted by Gasteiger charge is -2.27. The number of carbonyl (C=O) groups excluding carboxylic acids is 1. The molecule has 0 radical (unpaired) electrons. The summed E-state index contributed by atoms with van der Waals surface area (Å²) in [6.07, 6.45) is 0.704. The number of hydrogen-bond donors (Lipinski definition) is 1. The average molecular weight is 466 g/mol. The van der Waals surface area contributed by atoms with Crippen LogP contribution in [0.1, 0.15) is 10.6 Å². The molecule has 1 aliphatic rings. The first-order valence-corrected chi connectivity index (χ1v) is 11.2. The predicted molar refractivity (Wildman–Crippen MR) is 126 cm³/mol. The van der Waals surface area contributed by atoms with Crippen molar-refractivity contribution < 1.29 is 19.0 Å². The standard InChI is InChI=1S/C23H23N5O4S/c1-30-17-11-15(12-18(31-2)20(17)32-3)24-22(29)27-10-9-16-19(13-27)33-23-25-21(26-28(16)23)14-7-5-4-6-8-14/h4-8,11-12H,9-10,13H2,1-3H3,(H,24,29). The smallest absolute Gasteiger partial charge is 0.322 e. The minimum absolute atomic E-state index is 0.195. The third kappa shape index (κ3) is 3.82. The van der Waals surface area contributed by atoms with Crippen molar-refractivity contribution in [2.45, 2.75) is 13.0 Å². The number of hydrogen-bond acceptors (Lipinski definition) is 7. The number of fused-ring (bicyclic) bond motifs is 3. The molecule has 2 aromatic carbocycles. The van der Waals surface area contributed by atoms with Crippen LogP contribution in [0.25, 0.3) is 16.3 Å². The highest BCUT2D eigenvalue weighted by molar-refractivity contribution is 7.17. The molecule has 0 saturated heterocycles. The number of nitrogens with zero attached hydrogens (tertiary/aromatic N) is 4. The molecule has 33 heavy (non-hydrogen) atoms. The molecule has 0 unspecified atom stereocenters. The molecule has 170 valence electrons. The van der Waals surface area contributed by atoms with E-state index in [-0.39, 0.29) is 6.03 Å². The summed E-state index contributed by atoms with van der Waals surface area (Å²) in [5, 5.41) is 7.65. The van der Waals surface area contributed by atoms with Gasteiger partial charge in [0, 0.05) is 35.5 Å². The number of rotatable bonds is 5. The van der Waals surface area contributed by atoms with E-state index in [1.807, 2.05) is 34.8 Å². The number of benzene rings is 2. The Morgan fingerprint density at radius 1 is 1.06 bits per heavy atom. The van der Waals surface area contributed by atoms with E-state index in [0.29, 0.717) is 48.3 Å². The van der Waals surface area contributed by atoms with Crippen LogP contribution in [0.4, 0.5) is 10.5 Å². The van der Waals surface area contributed by atoms with Crippen LogP contribution in [0.2, 0.25) is 0 Å². The van der Waals surface area contributed by atoms with Gasteiger partial charge in [-0.2, -0.15) is 4.98 Å². The van der Waals surface area contributed by atoms with Crippen molar-refractivity contribution in [3.05, 3.63) is 53.0 Å². The van der Waals surface area contributed by atoms with E-state index in [4.69, 9.17) is 24.3 Å². The van der Waals surface area contributed by atoms with Crippen LogP contribution in [0.3, 0.4) is 0 Å². The first-order valence-electron chi connectivity index (χ1n) is 10.4. The van der Waals surface area contributed by atoms with Gasteiger partial charge >= 0.3 is 6.03 Å². The maximum absolute atomic E-state index is 13.0. The van der Waals surface area contributed by atoms with E-state index in [2.05, 4.69) is 5.32 Å². The van der Waals surface area contributed by atoms with E-state index in [1.165, 1.54) is 0 Å². The van der Waals surface area contributed by atoms with Crippen molar-refractivity contribution in [1.82, 2.24) is 19.5 Å². The Morgan fingerprint density at radius 2 is 1.79 bits per heavy atom. The molecule has 2 aromatic heterocycles. The van der Waals surface area contributed by atoms with Gasteiger partial charge in [0.1, 0.15) is 0 Å². The van der Waals surface area contributed by atoms with Crippen LogP contribution in [0.5, 0.6) is 17.2 Å². The minimum atomic E-state index is -0.195. The van der Waals surface area contributed by atoms with Crippen molar-refractivity contribution in [3.63, 3.8) is 0 Å². The molecule has 9 nitrogen and oxygen atoms in total. The SMILES string of the molecule is COc1cc(NC(=O)N2CCc3c(sc4nc(-c5ccccc5)nn34)C2)cc(OC)c1OC. The van der Waals surface area contributed by atoms with E-state index in [1.54, 1.807) is 49.7 Å². The topological polar surface area (TPSA) is 90.2 Å². The quantitative estimate of drug-likeness (QED) is 0.478. The third-order valence-corrected chi connectivity index (χ3v) is 6.62. The molecule has 0 atom stereocenters. The zero-order valence-electron chi connectivity index (χ0n) is 18.5. The van der Waals surface area contributed by atoms with Gasteiger partial charge in [-0.1, -0.05) is 41.7 Å². The van der Waals surface area contributed by atoms with E-state index >= 15 is 0 Å². The Bertz CT molecular complexity index is 1290. The summed E-state index contributed by atoms with van der Waals surface area (Å²) >= 11 is 1.57. The largest absolute Gasteiger partial charge is 0.493 e. The lowest BCUT2D eigenvalue weighted by Crippen LogP contribution is -2.38. The molecule has 1 N–H and O–H groups in total. The fourth-order valence-corrected chi connectivity index (χ4v) is 5.04. The number of carbonyl (C=O) groups is 1. The summed E-state index contributed by atoms with van der Waals surface area (Å²) in [5.41, 5.74) is 2.67. The summed E-state index contributed by atoms with van der Waals surface area (Å²) in [6, 6.07) is 13.2. The molecular weight excluding hydrogens is 442 g/mol. The van der Waals surface area contributed by atoms with Gasteiger partial charge in [-0.25, -0.2) is 9.31 Å². The van der Waals surface area contributed by atoms with Gasteiger partial charge < -0.3 is 24.4 Å². The van der Waals surface area contributed by atoms with E-state index in [9.17, 15) is 4.79 Å². The molecule has 4 aromatic rings. The van der Waals surface area contributed by atoms with Crippen LogP contribution in [-0.2, 0) is 13.0 Å². The van der Waals surface area contributed by atoms with Crippen molar-refractivity contribution in [2.75, 3.05) is 33.2 Å². The molecule has 3 heterocycles. The number of anilines is 1. The van der Waals surface area contributed by atoms with Gasteiger partial charge in [-0.15, -0.1) is 5.10 Å². The van der Waals surface area contributed by atoms with Crippen molar-refractivity contribution in [1.29, 1.82) is 0 Å². The molecule has 10 heteroatoms. The summed E-state index contributed by atoms with van der Waals surface area (Å²) < 4.78 is 18.0. The summed E-state index contributed by atoms with van der Waals surface area (Å²) in [6.45, 7) is 1.08. The first-order chi connectivity index (χ1) is 16.1. The van der Waals surface area contributed by atoms with Crippen molar-refractivity contribution in [3.8, 4) is 28.6 Å². The monoisotopic (exact) mass is 465 g/mol. The van der Waals surface area contributed by atoms with Crippen LogP contribution in [0, 0.1) is 0 Å². The average Bonchev–Trinajstić information content (AvgIpc) is 3.41. The van der Waals surface area contributed by atoms with E-state index < -0.39 is 0 Å². The van der Waals surface area contributed by atoms with E-state index in [0.717, 1.165) is 21.1 Å². The van der Waals surface area contributed by atoms with Gasteiger partial charge in [0.05, 0.1) is 39.3 Å². The van der Waals surface area contributed by atoms with Gasteiger partial charge in [0.15, 0.2) is 17.3 Å². The maximum Gasteiger partial charge on any atom is 0.322 e. The van der Waals surface area contributed by atoms with Gasteiger partial charge in [0.2, 0.25) is 10.7 Å². The van der Waals surface area contributed by atoms with Gasteiger partial charge in [0.25, 0.3) is 0 Å². The fraction of sp³-hybridized carbons (Fsp3) is 0.261. The number of thiazole rings is 1. The highest BCUT2D eigenvalue weighted by Crippen LogP contribution is 2.40. The Balaban J connectivity index is 1.34. The predicted octanol–water partition coefficient (Wildman–Crippen LogP) is 4.07. The normalized spacial score (nSPS) is 13.0. The highest BCUT2D eigenvalue weighted by Gasteiger charge is 2.27. The summed E-state index contributed by atoms with van der Waals surface area (Å²) in [5.74, 6) is 2.15. The fourth-order valence-electron chi connectivity index (χ4n) is 3.93. The molecule has 1 aliphatic heterocycles.